The number of carbonyl (C=O) groups excluding carboxylic acids is 2. The van der Waals surface area contributed by atoms with E-state index in [2.05, 4.69) is 28.6 Å². The summed E-state index contributed by atoms with van der Waals surface area (Å²) in [5.41, 5.74) is 2.76. The molecule has 168 valence electrons. The number of hydrogen-bond acceptors (Lipinski definition) is 5. The lowest BCUT2D eigenvalue weighted by Crippen LogP contribution is -2.43. The van der Waals surface area contributed by atoms with Crippen molar-refractivity contribution in [3.63, 3.8) is 0 Å². The van der Waals surface area contributed by atoms with Crippen molar-refractivity contribution in [3.05, 3.63) is 45.4 Å². The van der Waals surface area contributed by atoms with Crippen LogP contribution in [-0.4, -0.2) is 28.9 Å². The number of hydrogen-bond donors (Lipinski definition) is 2. The second-order valence-corrected chi connectivity index (χ2v) is 9.37. The van der Waals surface area contributed by atoms with Gasteiger partial charge in [0.25, 0.3) is 5.91 Å². The molecule has 1 aliphatic rings. The van der Waals surface area contributed by atoms with Gasteiger partial charge in [0.15, 0.2) is 0 Å². The molecule has 1 aliphatic carbocycles. The van der Waals surface area contributed by atoms with Gasteiger partial charge in [0.2, 0.25) is 5.91 Å². The number of thiazole rings is 1. The van der Waals surface area contributed by atoms with Crippen LogP contribution in [0.5, 0.6) is 5.75 Å². The van der Waals surface area contributed by atoms with Crippen LogP contribution in [0.25, 0.3) is 0 Å². The fourth-order valence-corrected chi connectivity index (χ4v) is 4.61. The van der Waals surface area contributed by atoms with Crippen molar-refractivity contribution in [2.24, 2.45) is 0 Å². The lowest BCUT2D eigenvalue weighted by atomic mass is 9.91. The van der Waals surface area contributed by atoms with Gasteiger partial charge in [-0.15, -0.1) is 11.3 Å². The Hall–Kier alpha value is -2.41. The van der Waals surface area contributed by atoms with E-state index in [1.54, 1.807) is 5.38 Å². The molecular formula is C24H33N3O3S. The average Bonchev–Trinajstić information content (AvgIpc) is 3.21. The normalized spacial score (nSPS) is 18.4. The number of nitrogens with one attached hydrogen (secondary N) is 2. The molecule has 0 radical (unpaired) electrons. The molecule has 2 aromatic rings. The van der Waals surface area contributed by atoms with Crippen molar-refractivity contribution >= 4 is 23.2 Å². The summed E-state index contributed by atoms with van der Waals surface area (Å²) in [6.07, 6.45) is 6.11. The molecular weight excluding hydrogens is 410 g/mol. The quantitative estimate of drug-likeness (QED) is 0.589. The highest BCUT2D eigenvalue weighted by Gasteiger charge is 2.24. The zero-order valence-electron chi connectivity index (χ0n) is 18.7. The summed E-state index contributed by atoms with van der Waals surface area (Å²) in [5, 5.41) is 8.78. The van der Waals surface area contributed by atoms with E-state index in [4.69, 9.17) is 4.74 Å². The van der Waals surface area contributed by atoms with Gasteiger partial charge in [0, 0.05) is 23.9 Å². The molecule has 1 heterocycles. The second-order valence-electron chi connectivity index (χ2n) is 8.43. The van der Waals surface area contributed by atoms with Gasteiger partial charge in [-0.3, -0.25) is 9.59 Å². The highest BCUT2D eigenvalue weighted by Crippen LogP contribution is 2.21. The van der Waals surface area contributed by atoms with Gasteiger partial charge in [0.05, 0.1) is 0 Å². The van der Waals surface area contributed by atoms with Crippen LogP contribution < -0.4 is 15.4 Å². The van der Waals surface area contributed by atoms with Crippen LogP contribution in [0.1, 0.15) is 78.5 Å². The van der Waals surface area contributed by atoms with Gasteiger partial charge in [-0.25, -0.2) is 4.98 Å². The minimum Gasteiger partial charge on any atom is -0.486 e. The van der Waals surface area contributed by atoms with Gasteiger partial charge in [-0.1, -0.05) is 19.4 Å². The molecule has 1 saturated carbocycles. The fourth-order valence-electron chi connectivity index (χ4n) is 3.92. The zero-order chi connectivity index (χ0) is 22.2. The van der Waals surface area contributed by atoms with E-state index in [-0.39, 0.29) is 23.9 Å². The zero-order valence-corrected chi connectivity index (χ0v) is 19.5. The van der Waals surface area contributed by atoms with E-state index in [0.717, 1.165) is 60.4 Å². The lowest BCUT2D eigenvalue weighted by Gasteiger charge is -2.29. The molecule has 0 spiro atoms. The summed E-state index contributed by atoms with van der Waals surface area (Å²) < 4.78 is 5.85. The van der Waals surface area contributed by atoms with Crippen molar-refractivity contribution in [3.8, 4) is 5.75 Å². The third kappa shape index (κ3) is 7.35. The van der Waals surface area contributed by atoms with E-state index in [1.165, 1.54) is 11.3 Å². The first-order chi connectivity index (χ1) is 14.9. The summed E-state index contributed by atoms with van der Waals surface area (Å²) in [5.74, 6) is 0.828. The molecule has 0 aliphatic heterocycles. The van der Waals surface area contributed by atoms with Gasteiger partial charge >= 0.3 is 0 Å². The molecule has 0 saturated heterocycles. The first-order valence-electron chi connectivity index (χ1n) is 11.2. The van der Waals surface area contributed by atoms with Crippen molar-refractivity contribution < 1.29 is 14.3 Å². The average molecular weight is 444 g/mol. The first-order valence-corrected chi connectivity index (χ1v) is 12.1. The SMILES string of the molecule is CCCCC(=O)NC1CCC(NC(=O)c2csc(COc3cc(C)cc(C)c3)n2)CC1. The smallest absolute Gasteiger partial charge is 0.270 e. The number of amides is 2. The highest BCUT2D eigenvalue weighted by atomic mass is 32.1. The predicted octanol–water partition coefficient (Wildman–Crippen LogP) is 4.69. The number of ether oxygens (including phenoxy) is 1. The van der Waals surface area contributed by atoms with Crippen molar-refractivity contribution in [1.82, 2.24) is 15.6 Å². The Morgan fingerprint density at radius 1 is 1.06 bits per heavy atom. The topological polar surface area (TPSA) is 80.3 Å². The minimum atomic E-state index is -0.135. The number of unbranched alkanes of at least 4 members (excludes halogenated alkanes) is 1. The van der Waals surface area contributed by atoms with Crippen LogP contribution in [0.2, 0.25) is 0 Å². The van der Waals surface area contributed by atoms with Gasteiger partial charge in [-0.2, -0.15) is 0 Å². The van der Waals surface area contributed by atoms with Crippen LogP contribution in [0, 0.1) is 13.8 Å². The van der Waals surface area contributed by atoms with Crippen LogP contribution in [0.4, 0.5) is 0 Å². The predicted molar refractivity (Wildman–Crippen MR) is 124 cm³/mol. The molecule has 0 bridgehead atoms. The monoisotopic (exact) mass is 443 g/mol. The molecule has 1 aromatic carbocycles. The molecule has 1 fully saturated rings. The van der Waals surface area contributed by atoms with Crippen molar-refractivity contribution in [1.29, 1.82) is 0 Å². The molecule has 2 N–H and O–H groups in total. The van der Waals surface area contributed by atoms with Gasteiger partial charge < -0.3 is 15.4 Å². The summed E-state index contributed by atoms with van der Waals surface area (Å²) in [4.78, 5) is 28.9. The third-order valence-corrected chi connectivity index (χ3v) is 6.35. The number of aromatic nitrogens is 1. The maximum absolute atomic E-state index is 12.6. The molecule has 0 unspecified atom stereocenters. The van der Waals surface area contributed by atoms with E-state index in [9.17, 15) is 9.59 Å². The molecule has 6 nitrogen and oxygen atoms in total. The van der Waals surface area contributed by atoms with E-state index in [0.29, 0.717) is 18.7 Å². The molecule has 2 amide bonds. The first kappa shape index (κ1) is 23.3. The highest BCUT2D eigenvalue weighted by molar-refractivity contribution is 7.09. The summed E-state index contributed by atoms with van der Waals surface area (Å²) >= 11 is 1.44. The number of rotatable bonds is 9. The van der Waals surface area contributed by atoms with E-state index >= 15 is 0 Å². The largest absolute Gasteiger partial charge is 0.486 e. The Labute approximate surface area is 188 Å². The van der Waals surface area contributed by atoms with Gasteiger partial charge in [-0.05, 0) is 69.2 Å². The molecule has 31 heavy (non-hydrogen) atoms. The standard InChI is InChI=1S/C24H33N3O3S/c1-4-5-6-22(28)25-18-7-9-19(10-8-18)26-24(29)21-15-31-23(27-21)14-30-20-12-16(2)11-17(3)13-20/h11-13,15,18-19H,4-10,14H2,1-3H3,(H,25,28)(H,26,29). The lowest BCUT2D eigenvalue weighted by molar-refractivity contribution is -0.122. The number of benzene rings is 1. The molecule has 3 rings (SSSR count). The van der Waals surface area contributed by atoms with Crippen LogP contribution in [-0.2, 0) is 11.4 Å². The Balaban J connectivity index is 1.42. The number of nitrogens with zero attached hydrogens (tertiary/aromatic N) is 1. The summed E-state index contributed by atoms with van der Waals surface area (Å²) in [6.45, 7) is 6.52. The Morgan fingerprint density at radius 2 is 1.71 bits per heavy atom. The minimum absolute atomic E-state index is 0.132. The fraction of sp³-hybridized carbons (Fsp3) is 0.542. The second kappa shape index (κ2) is 11.3. The van der Waals surface area contributed by atoms with Crippen LogP contribution in [0.15, 0.2) is 23.6 Å². The summed E-state index contributed by atoms with van der Waals surface area (Å²) in [6, 6.07) is 6.46. The van der Waals surface area contributed by atoms with Crippen molar-refractivity contribution in [2.45, 2.75) is 84.4 Å². The number of carbonyl (C=O) groups is 2. The van der Waals surface area contributed by atoms with Gasteiger partial charge in [0.1, 0.15) is 23.1 Å². The van der Waals surface area contributed by atoms with E-state index in [1.807, 2.05) is 26.0 Å². The Morgan fingerprint density at radius 3 is 2.35 bits per heavy atom. The van der Waals surface area contributed by atoms with Crippen LogP contribution >= 0.6 is 11.3 Å². The molecule has 0 atom stereocenters. The van der Waals surface area contributed by atoms with Crippen LogP contribution in [0.3, 0.4) is 0 Å². The maximum Gasteiger partial charge on any atom is 0.270 e. The summed E-state index contributed by atoms with van der Waals surface area (Å²) in [7, 11) is 0. The van der Waals surface area contributed by atoms with Crippen molar-refractivity contribution in [2.75, 3.05) is 0 Å². The van der Waals surface area contributed by atoms with E-state index < -0.39 is 0 Å². The maximum atomic E-state index is 12.6. The molecule has 7 heteroatoms. The third-order valence-electron chi connectivity index (χ3n) is 5.53. The number of aryl methyl sites for hydroxylation is 2. The Kier molecular flexibility index (Phi) is 8.46. The molecule has 1 aromatic heterocycles. The Bertz CT molecular complexity index is 868.